The zero-order chi connectivity index (χ0) is 10.0. The van der Waals surface area contributed by atoms with Crippen molar-refractivity contribution in [3.05, 3.63) is 35.4 Å². The van der Waals surface area contributed by atoms with Gasteiger partial charge in [-0.1, -0.05) is 24.3 Å². The van der Waals surface area contributed by atoms with Crippen LogP contribution in [-0.4, -0.2) is 10.7 Å². The Balaban J connectivity index is 2.25. The van der Waals surface area contributed by atoms with Crippen LogP contribution in [0.2, 0.25) is 0 Å². The highest BCUT2D eigenvalue weighted by Gasteiger charge is 2.31. The second kappa shape index (κ2) is 3.43. The minimum Gasteiger partial charge on any atom is -0.388 e. The van der Waals surface area contributed by atoms with Gasteiger partial charge in [-0.3, -0.25) is 0 Å². The number of hydrogen-bond donors (Lipinski definition) is 1. The number of hydrogen-bond acceptors (Lipinski definition) is 2. The number of nitriles is 1. The maximum absolute atomic E-state index is 10.1. The minimum absolute atomic E-state index is 0.237. The summed E-state index contributed by atoms with van der Waals surface area (Å²) in [5.74, 6) is 0. The maximum Gasteiger partial charge on any atom is 0.0820 e. The van der Waals surface area contributed by atoms with Gasteiger partial charge in [0, 0.05) is 6.42 Å². The quantitative estimate of drug-likeness (QED) is 0.728. The lowest BCUT2D eigenvalue weighted by atomic mass is 9.79. The summed E-state index contributed by atoms with van der Waals surface area (Å²) in [6.45, 7) is 0. The Hall–Kier alpha value is -1.33. The molecule has 0 fully saturated rings. The monoisotopic (exact) mass is 187 g/mol. The molecule has 0 radical (unpaired) electrons. The van der Waals surface area contributed by atoms with Gasteiger partial charge < -0.3 is 5.11 Å². The SMILES string of the molecule is N#CCC1(O)CCc2ccccc2C1. The molecule has 0 spiro atoms. The first-order chi connectivity index (χ1) is 6.73. The second-order valence-corrected chi connectivity index (χ2v) is 4.00. The van der Waals surface area contributed by atoms with Crippen LogP contribution in [0.3, 0.4) is 0 Å². The van der Waals surface area contributed by atoms with Crippen molar-refractivity contribution in [2.75, 3.05) is 0 Å². The standard InChI is InChI=1S/C12H13NO/c13-8-7-12(14)6-5-10-3-1-2-4-11(10)9-12/h1-4,14H,5-7,9H2. The number of fused-ring (bicyclic) bond motifs is 1. The molecule has 0 bridgehead atoms. The lowest BCUT2D eigenvalue weighted by Crippen LogP contribution is -2.35. The molecule has 0 aromatic heterocycles. The van der Waals surface area contributed by atoms with E-state index in [2.05, 4.69) is 12.1 Å². The number of rotatable bonds is 1. The van der Waals surface area contributed by atoms with E-state index in [1.165, 1.54) is 11.1 Å². The summed E-state index contributed by atoms with van der Waals surface area (Å²) in [4.78, 5) is 0. The van der Waals surface area contributed by atoms with Crippen LogP contribution >= 0.6 is 0 Å². The predicted octanol–water partition coefficient (Wildman–Crippen LogP) is 1.82. The van der Waals surface area contributed by atoms with Crippen molar-refractivity contribution in [3.8, 4) is 6.07 Å². The molecule has 2 heteroatoms. The molecule has 14 heavy (non-hydrogen) atoms. The molecule has 1 aromatic carbocycles. The van der Waals surface area contributed by atoms with Gasteiger partial charge in [-0.05, 0) is 24.0 Å². The molecular weight excluding hydrogens is 174 g/mol. The summed E-state index contributed by atoms with van der Waals surface area (Å²) in [6.07, 6.45) is 2.45. The van der Waals surface area contributed by atoms with Crippen LogP contribution in [0.15, 0.2) is 24.3 Å². The lowest BCUT2D eigenvalue weighted by molar-refractivity contribution is 0.0311. The molecule has 1 aromatic rings. The fraction of sp³-hybridized carbons (Fsp3) is 0.417. The molecule has 1 aliphatic carbocycles. The fourth-order valence-electron chi connectivity index (χ4n) is 2.08. The Morgan fingerprint density at radius 3 is 2.79 bits per heavy atom. The second-order valence-electron chi connectivity index (χ2n) is 4.00. The lowest BCUT2D eigenvalue weighted by Gasteiger charge is -2.31. The van der Waals surface area contributed by atoms with Gasteiger partial charge in [0.1, 0.15) is 0 Å². The Morgan fingerprint density at radius 2 is 2.07 bits per heavy atom. The van der Waals surface area contributed by atoms with Crippen LogP contribution in [-0.2, 0) is 12.8 Å². The molecule has 0 heterocycles. The molecule has 1 N–H and O–H groups in total. The molecule has 1 atom stereocenters. The van der Waals surface area contributed by atoms with Crippen LogP contribution in [0.25, 0.3) is 0 Å². The molecule has 1 aliphatic rings. The topological polar surface area (TPSA) is 44.0 Å². The zero-order valence-corrected chi connectivity index (χ0v) is 8.03. The maximum atomic E-state index is 10.1. The van der Waals surface area contributed by atoms with Crippen molar-refractivity contribution >= 4 is 0 Å². The van der Waals surface area contributed by atoms with Crippen LogP contribution < -0.4 is 0 Å². The summed E-state index contributed by atoms with van der Waals surface area (Å²) in [7, 11) is 0. The highest BCUT2D eigenvalue weighted by molar-refractivity contribution is 5.31. The molecule has 0 aliphatic heterocycles. The summed E-state index contributed by atoms with van der Waals surface area (Å²) < 4.78 is 0. The van der Waals surface area contributed by atoms with Gasteiger partial charge in [-0.2, -0.15) is 5.26 Å². The van der Waals surface area contributed by atoms with E-state index in [9.17, 15) is 5.11 Å². The molecule has 0 amide bonds. The molecule has 0 saturated carbocycles. The average molecular weight is 187 g/mol. The van der Waals surface area contributed by atoms with Gasteiger partial charge in [0.05, 0.1) is 18.1 Å². The third-order valence-electron chi connectivity index (χ3n) is 2.91. The first-order valence-electron chi connectivity index (χ1n) is 4.90. The Morgan fingerprint density at radius 1 is 1.36 bits per heavy atom. The molecule has 2 rings (SSSR count). The first-order valence-corrected chi connectivity index (χ1v) is 4.90. The van der Waals surface area contributed by atoms with E-state index < -0.39 is 5.60 Å². The van der Waals surface area contributed by atoms with E-state index in [1.807, 2.05) is 18.2 Å². The third-order valence-corrected chi connectivity index (χ3v) is 2.91. The number of aryl methyl sites for hydroxylation is 1. The summed E-state index contributed by atoms with van der Waals surface area (Å²) in [5, 5.41) is 18.7. The molecule has 2 nitrogen and oxygen atoms in total. The van der Waals surface area contributed by atoms with Crippen molar-refractivity contribution in [2.45, 2.75) is 31.3 Å². The predicted molar refractivity (Wildman–Crippen MR) is 53.6 cm³/mol. The number of benzene rings is 1. The van der Waals surface area contributed by atoms with Crippen LogP contribution in [0.1, 0.15) is 24.0 Å². The molecule has 1 unspecified atom stereocenters. The summed E-state index contributed by atoms with van der Waals surface area (Å²) in [5.41, 5.74) is 1.72. The summed E-state index contributed by atoms with van der Waals surface area (Å²) in [6, 6.07) is 10.2. The number of aliphatic hydroxyl groups is 1. The van der Waals surface area contributed by atoms with Crippen LogP contribution in [0.5, 0.6) is 0 Å². The van der Waals surface area contributed by atoms with Crippen molar-refractivity contribution < 1.29 is 5.11 Å². The van der Waals surface area contributed by atoms with Gasteiger partial charge in [0.25, 0.3) is 0 Å². The van der Waals surface area contributed by atoms with Crippen molar-refractivity contribution in [2.24, 2.45) is 0 Å². The summed E-state index contributed by atoms with van der Waals surface area (Å²) >= 11 is 0. The average Bonchev–Trinajstić information content (AvgIpc) is 2.17. The van der Waals surface area contributed by atoms with Crippen LogP contribution in [0.4, 0.5) is 0 Å². The van der Waals surface area contributed by atoms with Crippen molar-refractivity contribution in [1.82, 2.24) is 0 Å². The van der Waals surface area contributed by atoms with E-state index in [1.54, 1.807) is 0 Å². The minimum atomic E-state index is -0.789. The van der Waals surface area contributed by atoms with Gasteiger partial charge in [0.15, 0.2) is 0 Å². The van der Waals surface area contributed by atoms with Crippen molar-refractivity contribution in [1.29, 1.82) is 5.26 Å². The molecule has 72 valence electrons. The van der Waals surface area contributed by atoms with Gasteiger partial charge in [-0.15, -0.1) is 0 Å². The number of nitrogens with zero attached hydrogens (tertiary/aromatic N) is 1. The highest BCUT2D eigenvalue weighted by Crippen LogP contribution is 2.30. The van der Waals surface area contributed by atoms with Crippen molar-refractivity contribution in [3.63, 3.8) is 0 Å². The Kier molecular flexibility index (Phi) is 2.26. The first kappa shape index (κ1) is 9.23. The van der Waals surface area contributed by atoms with E-state index in [-0.39, 0.29) is 6.42 Å². The van der Waals surface area contributed by atoms with Gasteiger partial charge in [0.2, 0.25) is 0 Å². The smallest absolute Gasteiger partial charge is 0.0820 e. The van der Waals surface area contributed by atoms with E-state index in [0.717, 1.165) is 6.42 Å². The van der Waals surface area contributed by atoms with E-state index in [4.69, 9.17) is 5.26 Å². The fourth-order valence-corrected chi connectivity index (χ4v) is 2.08. The van der Waals surface area contributed by atoms with Gasteiger partial charge in [-0.25, -0.2) is 0 Å². The third kappa shape index (κ3) is 1.64. The van der Waals surface area contributed by atoms with Crippen LogP contribution in [0, 0.1) is 11.3 Å². The molecular formula is C12H13NO. The normalized spacial score (nSPS) is 25.1. The Labute approximate surface area is 83.8 Å². The van der Waals surface area contributed by atoms with E-state index >= 15 is 0 Å². The Bertz CT molecular complexity index is 380. The largest absolute Gasteiger partial charge is 0.388 e. The zero-order valence-electron chi connectivity index (χ0n) is 8.03. The molecule has 0 saturated heterocycles. The van der Waals surface area contributed by atoms with E-state index in [0.29, 0.717) is 12.8 Å². The highest BCUT2D eigenvalue weighted by atomic mass is 16.3. The van der Waals surface area contributed by atoms with Gasteiger partial charge >= 0.3 is 0 Å².